The first-order chi connectivity index (χ1) is 9.65. The minimum absolute atomic E-state index is 0.0130. The number of rotatable bonds is 8. The molecule has 0 fully saturated rings. The topological polar surface area (TPSA) is 82.8 Å². The van der Waals surface area contributed by atoms with Crippen LogP contribution in [0.4, 0.5) is 0 Å². The average Bonchev–Trinajstić information content (AvgIpc) is 2.68. The average molecular weight is 383 g/mol. The Morgan fingerprint density at radius 2 is 2.05 bits per heavy atom. The van der Waals surface area contributed by atoms with E-state index >= 15 is 0 Å². The minimum Gasteiger partial charge on any atom is -0.450 e. The second-order valence-electron chi connectivity index (χ2n) is 5.72. The normalized spacial score (nSPS) is 14.1. The van der Waals surface area contributed by atoms with Crippen LogP contribution >= 0.6 is 15.9 Å². The molecule has 0 saturated heterocycles. The van der Waals surface area contributed by atoms with Crippen molar-refractivity contribution in [3.63, 3.8) is 0 Å². The fraction of sp³-hybridized carbons (Fsp3) is 0.692. The molecule has 0 aliphatic carbocycles. The molecule has 0 bridgehead atoms. The number of hydrogen-bond donors (Lipinski definition) is 2. The number of sulfonamides is 1. The highest BCUT2D eigenvalue weighted by atomic mass is 79.9. The zero-order valence-corrected chi connectivity index (χ0v) is 15.2. The summed E-state index contributed by atoms with van der Waals surface area (Å²) >= 11 is 3.08. The van der Waals surface area contributed by atoms with E-state index in [-0.39, 0.29) is 28.0 Å². The Bertz CT molecular complexity index is 545. The maximum absolute atomic E-state index is 12.5. The number of aliphatic hydroxyl groups is 1. The second-order valence-corrected chi connectivity index (χ2v) is 8.12. The fourth-order valence-corrected chi connectivity index (χ4v) is 4.35. The quantitative estimate of drug-likeness (QED) is 0.715. The Labute approximate surface area is 134 Å². The maximum atomic E-state index is 12.5. The lowest BCUT2D eigenvalue weighted by Crippen LogP contribution is -2.42. The van der Waals surface area contributed by atoms with Gasteiger partial charge in [0.1, 0.15) is 17.3 Å². The number of nitrogens with one attached hydrogen (secondary N) is 1. The Morgan fingerprint density at radius 1 is 1.43 bits per heavy atom. The lowest BCUT2D eigenvalue weighted by atomic mass is 10.0. The van der Waals surface area contributed by atoms with E-state index in [1.165, 1.54) is 6.07 Å². The van der Waals surface area contributed by atoms with Gasteiger partial charge in [0.25, 0.3) is 0 Å². The summed E-state index contributed by atoms with van der Waals surface area (Å²) in [4.78, 5) is 1.96. The van der Waals surface area contributed by atoms with Gasteiger partial charge < -0.3 is 14.4 Å². The van der Waals surface area contributed by atoms with Gasteiger partial charge in [-0.15, -0.1) is 0 Å². The van der Waals surface area contributed by atoms with Crippen LogP contribution in [0, 0.1) is 5.92 Å². The molecular formula is C13H23BrN2O4S. The molecule has 1 heterocycles. The predicted octanol–water partition coefficient (Wildman–Crippen LogP) is 1.79. The third-order valence-electron chi connectivity index (χ3n) is 2.82. The van der Waals surface area contributed by atoms with Gasteiger partial charge in [-0.2, -0.15) is 0 Å². The van der Waals surface area contributed by atoms with E-state index in [0.29, 0.717) is 12.5 Å². The van der Waals surface area contributed by atoms with E-state index in [1.54, 1.807) is 0 Å². The monoisotopic (exact) mass is 382 g/mol. The maximum Gasteiger partial charge on any atom is 0.245 e. The highest BCUT2D eigenvalue weighted by molar-refractivity contribution is 9.10. The van der Waals surface area contributed by atoms with E-state index in [9.17, 15) is 8.42 Å². The molecule has 1 aromatic rings. The van der Waals surface area contributed by atoms with Crippen LogP contribution in [0.15, 0.2) is 20.0 Å². The van der Waals surface area contributed by atoms with Crippen LogP contribution in [0.5, 0.6) is 0 Å². The number of aliphatic hydroxyl groups excluding tert-OH is 1. The Kier molecular flexibility index (Phi) is 6.86. The van der Waals surface area contributed by atoms with Crippen molar-refractivity contribution < 1.29 is 17.9 Å². The largest absolute Gasteiger partial charge is 0.450 e. The van der Waals surface area contributed by atoms with E-state index in [0.717, 1.165) is 6.42 Å². The SMILES string of the molecule is CC(C)CC(CN(C)C)NS(=O)(=O)c1cc(CO)oc1Br. The number of halogens is 1. The Balaban J connectivity index is 2.96. The van der Waals surface area contributed by atoms with Crippen molar-refractivity contribution in [3.8, 4) is 0 Å². The van der Waals surface area contributed by atoms with Gasteiger partial charge in [0.15, 0.2) is 4.67 Å². The summed E-state index contributed by atoms with van der Waals surface area (Å²) in [6.07, 6.45) is 0.736. The van der Waals surface area contributed by atoms with Crippen molar-refractivity contribution in [2.24, 2.45) is 5.92 Å². The second kappa shape index (κ2) is 7.73. The third-order valence-corrected chi connectivity index (χ3v) is 5.19. The predicted molar refractivity (Wildman–Crippen MR) is 84.4 cm³/mol. The summed E-state index contributed by atoms with van der Waals surface area (Å²) in [7, 11) is 0.105. The van der Waals surface area contributed by atoms with Gasteiger partial charge in [0.05, 0.1) is 0 Å². The molecule has 21 heavy (non-hydrogen) atoms. The molecule has 1 rings (SSSR count). The summed E-state index contributed by atoms with van der Waals surface area (Å²) in [5, 5.41) is 9.02. The molecule has 0 radical (unpaired) electrons. The zero-order valence-electron chi connectivity index (χ0n) is 12.8. The van der Waals surface area contributed by atoms with Crippen molar-refractivity contribution in [2.45, 2.75) is 37.8 Å². The fourth-order valence-electron chi connectivity index (χ4n) is 2.11. The standard InChI is InChI=1S/C13H23BrN2O4S/c1-9(2)5-10(7-16(3)4)15-21(18,19)12-6-11(8-17)20-13(12)14/h6,9-10,15,17H,5,7-8H2,1-4H3. The van der Waals surface area contributed by atoms with Gasteiger partial charge in [-0.3, -0.25) is 0 Å². The summed E-state index contributed by atoms with van der Waals surface area (Å²) in [6, 6.07) is 1.14. The van der Waals surface area contributed by atoms with Crippen molar-refractivity contribution in [1.29, 1.82) is 0 Å². The number of hydrogen-bond acceptors (Lipinski definition) is 5. The Hall–Kier alpha value is -0.410. The lowest BCUT2D eigenvalue weighted by Gasteiger charge is -2.23. The molecule has 0 saturated carbocycles. The Morgan fingerprint density at radius 3 is 2.48 bits per heavy atom. The van der Waals surface area contributed by atoms with Gasteiger partial charge in [-0.1, -0.05) is 13.8 Å². The van der Waals surface area contributed by atoms with E-state index in [1.807, 2.05) is 19.0 Å². The number of furan rings is 1. The molecule has 1 unspecified atom stereocenters. The van der Waals surface area contributed by atoms with Crippen molar-refractivity contribution in [1.82, 2.24) is 9.62 Å². The molecule has 0 spiro atoms. The first-order valence-electron chi connectivity index (χ1n) is 6.71. The van der Waals surface area contributed by atoms with Crippen LogP contribution in [0.3, 0.4) is 0 Å². The van der Waals surface area contributed by atoms with Gasteiger partial charge >= 0.3 is 0 Å². The van der Waals surface area contributed by atoms with Crippen molar-refractivity contribution in [2.75, 3.05) is 20.6 Å². The molecule has 2 N–H and O–H groups in total. The van der Waals surface area contributed by atoms with Crippen LogP contribution < -0.4 is 4.72 Å². The molecule has 1 aromatic heterocycles. The molecule has 1 atom stereocenters. The summed E-state index contributed by atoms with van der Waals surface area (Å²) in [6.45, 7) is 4.37. The van der Waals surface area contributed by atoms with Gasteiger partial charge in [0, 0.05) is 18.7 Å². The van der Waals surface area contributed by atoms with Crippen LogP contribution in [0.25, 0.3) is 0 Å². The van der Waals surface area contributed by atoms with Crippen LogP contribution in [-0.2, 0) is 16.6 Å². The highest BCUT2D eigenvalue weighted by Crippen LogP contribution is 2.26. The van der Waals surface area contributed by atoms with Crippen LogP contribution in [0.2, 0.25) is 0 Å². The molecule has 8 heteroatoms. The lowest BCUT2D eigenvalue weighted by molar-refractivity contribution is 0.245. The summed E-state index contributed by atoms with van der Waals surface area (Å²) < 4.78 is 32.9. The molecule has 122 valence electrons. The molecule has 0 aliphatic rings. The first kappa shape index (κ1) is 18.6. The smallest absolute Gasteiger partial charge is 0.245 e. The van der Waals surface area contributed by atoms with Crippen molar-refractivity contribution in [3.05, 3.63) is 16.5 Å². The van der Waals surface area contributed by atoms with E-state index in [2.05, 4.69) is 34.5 Å². The van der Waals surface area contributed by atoms with Gasteiger partial charge in [-0.05, 0) is 42.4 Å². The van der Waals surface area contributed by atoms with Crippen molar-refractivity contribution >= 4 is 26.0 Å². The summed E-state index contributed by atoms with van der Waals surface area (Å²) in [5.74, 6) is 0.578. The molecule has 6 nitrogen and oxygen atoms in total. The number of likely N-dealkylation sites (N-methyl/N-ethyl adjacent to an activating group) is 1. The van der Waals surface area contributed by atoms with Gasteiger partial charge in [0.2, 0.25) is 10.0 Å². The summed E-state index contributed by atoms with van der Waals surface area (Å²) in [5.41, 5.74) is 0. The minimum atomic E-state index is -3.70. The molecule has 0 amide bonds. The molecule has 0 aliphatic heterocycles. The van der Waals surface area contributed by atoms with E-state index in [4.69, 9.17) is 9.52 Å². The van der Waals surface area contributed by atoms with Crippen LogP contribution in [-0.4, -0.2) is 45.1 Å². The molecule has 0 aromatic carbocycles. The first-order valence-corrected chi connectivity index (χ1v) is 8.99. The van der Waals surface area contributed by atoms with Gasteiger partial charge in [-0.25, -0.2) is 13.1 Å². The number of nitrogens with zero attached hydrogens (tertiary/aromatic N) is 1. The van der Waals surface area contributed by atoms with E-state index < -0.39 is 10.0 Å². The zero-order chi connectivity index (χ0) is 16.2. The third kappa shape index (κ3) is 5.71. The highest BCUT2D eigenvalue weighted by Gasteiger charge is 2.26. The molecular weight excluding hydrogens is 360 g/mol. The van der Waals surface area contributed by atoms with Crippen LogP contribution in [0.1, 0.15) is 26.0 Å².